The third kappa shape index (κ3) is 5.11. The van der Waals surface area contributed by atoms with E-state index in [1.807, 2.05) is 0 Å². The number of aromatic nitrogens is 2. The molecule has 0 aliphatic heterocycles. The molecule has 0 saturated heterocycles. The van der Waals surface area contributed by atoms with Crippen molar-refractivity contribution in [3.63, 3.8) is 0 Å². The van der Waals surface area contributed by atoms with Crippen LogP contribution in [-0.2, 0) is 0 Å². The van der Waals surface area contributed by atoms with E-state index in [9.17, 15) is 13.2 Å². The molecule has 2 rings (SSSR count). The fraction of sp³-hybridized carbons (Fsp3) is 0.0909. The third-order valence-corrected chi connectivity index (χ3v) is 2.19. The molecular weight excluding hydrogens is 306 g/mol. The van der Waals surface area contributed by atoms with Gasteiger partial charge in [-0.05, 0) is 12.1 Å². The Bertz CT molecular complexity index is 625. The fourth-order valence-electron chi connectivity index (χ4n) is 1.46. The summed E-state index contributed by atoms with van der Waals surface area (Å²) in [5.41, 5.74) is 0.276. The predicted molar refractivity (Wildman–Crippen MR) is 69.3 cm³/mol. The van der Waals surface area contributed by atoms with Crippen LogP contribution in [0.25, 0.3) is 0 Å². The molecular formula is C11H9BF3N3O4. The normalized spacial score (nSPS) is 11.0. The van der Waals surface area contributed by atoms with E-state index in [4.69, 9.17) is 10.0 Å². The number of halogens is 3. The molecule has 1 heterocycles. The lowest BCUT2D eigenvalue weighted by molar-refractivity contribution is -0.274. The zero-order valence-electron chi connectivity index (χ0n) is 10.8. The van der Waals surface area contributed by atoms with Gasteiger partial charge >= 0.3 is 13.7 Å². The van der Waals surface area contributed by atoms with Crippen molar-refractivity contribution in [1.29, 1.82) is 0 Å². The number of hydrogen-bond donors (Lipinski definition) is 3. The molecule has 7 nitrogen and oxygen atoms in total. The summed E-state index contributed by atoms with van der Waals surface area (Å²) in [5, 5.41) is 19.8. The van der Waals surface area contributed by atoms with Crippen LogP contribution in [-0.4, -0.2) is 33.7 Å². The maximum Gasteiger partial charge on any atom is 0.707 e. The van der Waals surface area contributed by atoms with Crippen LogP contribution in [0.15, 0.2) is 36.7 Å². The minimum absolute atomic E-state index is 0.00899. The number of benzene rings is 1. The van der Waals surface area contributed by atoms with E-state index in [1.165, 1.54) is 12.1 Å². The van der Waals surface area contributed by atoms with Crippen molar-refractivity contribution in [3.05, 3.63) is 36.7 Å². The first kappa shape index (κ1) is 15.9. The molecule has 22 heavy (non-hydrogen) atoms. The molecule has 3 N–H and O–H groups in total. The molecule has 116 valence electrons. The van der Waals surface area contributed by atoms with Crippen LogP contribution in [0, 0.1) is 0 Å². The van der Waals surface area contributed by atoms with Crippen molar-refractivity contribution < 1.29 is 32.6 Å². The van der Waals surface area contributed by atoms with E-state index in [-0.39, 0.29) is 23.1 Å². The van der Waals surface area contributed by atoms with Crippen LogP contribution >= 0.6 is 0 Å². The largest absolute Gasteiger partial charge is 0.707 e. The Labute approximate surface area is 122 Å². The molecule has 0 aliphatic rings. The average molecular weight is 315 g/mol. The summed E-state index contributed by atoms with van der Waals surface area (Å²) in [5.74, 6) is -0.306. The Morgan fingerprint density at radius 2 is 1.77 bits per heavy atom. The molecule has 0 amide bonds. The molecule has 0 aliphatic carbocycles. The Balaban J connectivity index is 2.05. The predicted octanol–water partition coefficient (Wildman–Crippen LogP) is 1.47. The summed E-state index contributed by atoms with van der Waals surface area (Å²) in [7, 11) is -2.00. The highest BCUT2D eigenvalue weighted by molar-refractivity contribution is 6.33. The summed E-state index contributed by atoms with van der Waals surface area (Å²) in [4.78, 5) is 7.60. The van der Waals surface area contributed by atoms with E-state index in [0.29, 0.717) is 0 Å². The van der Waals surface area contributed by atoms with E-state index in [2.05, 4.69) is 24.7 Å². The number of hydrogen-bond acceptors (Lipinski definition) is 7. The molecule has 0 bridgehead atoms. The Kier molecular flexibility index (Phi) is 4.68. The first-order valence-electron chi connectivity index (χ1n) is 5.79. The van der Waals surface area contributed by atoms with Crippen LogP contribution in [0.5, 0.6) is 11.5 Å². The highest BCUT2D eigenvalue weighted by atomic mass is 19.4. The highest BCUT2D eigenvalue weighted by Crippen LogP contribution is 2.26. The SMILES string of the molecule is OB(O)Oc1cnc(Nc2cccc(OC(F)(F)F)c2)nc1. The van der Waals surface area contributed by atoms with E-state index in [1.54, 1.807) is 0 Å². The van der Waals surface area contributed by atoms with Crippen molar-refractivity contribution in [2.45, 2.75) is 6.36 Å². The number of nitrogens with one attached hydrogen (secondary N) is 1. The molecule has 0 atom stereocenters. The molecule has 2 aromatic rings. The zero-order chi connectivity index (χ0) is 16.2. The molecule has 0 saturated carbocycles. The second-order valence-corrected chi connectivity index (χ2v) is 3.89. The monoisotopic (exact) mass is 315 g/mol. The van der Waals surface area contributed by atoms with Crippen molar-refractivity contribution in [3.8, 4) is 11.5 Å². The lowest BCUT2D eigenvalue weighted by Gasteiger charge is -2.10. The van der Waals surface area contributed by atoms with E-state index < -0.39 is 13.7 Å². The van der Waals surface area contributed by atoms with Gasteiger partial charge in [0.1, 0.15) is 11.5 Å². The van der Waals surface area contributed by atoms with Gasteiger partial charge in [-0.1, -0.05) is 6.07 Å². The van der Waals surface area contributed by atoms with Gasteiger partial charge < -0.3 is 24.8 Å². The maximum absolute atomic E-state index is 12.1. The minimum Gasteiger partial charge on any atom is -0.509 e. The van der Waals surface area contributed by atoms with Gasteiger partial charge in [0.2, 0.25) is 5.95 Å². The van der Waals surface area contributed by atoms with Gasteiger partial charge in [0, 0.05) is 11.8 Å². The van der Waals surface area contributed by atoms with Crippen LogP contribution in [0.1, 0.15) is 0 Å². The molecule has 0 unspecified atom stereocenters. The third-order valence-electron chi connectivity index (χ3n) is 2.19. The van der Waals surface area contributed by atoms with Crippen LogP contribution in [0.3, 0.4) is 0 Å². The van der Waals surface area contributed by atoms with Crippen molar-refractivity contribution in [2.24, 2.45) is 0 Å². The van der Waals surface area contributed by atoms with Crippen LogP contribution in [0.4, 0.5) is 24.8 Å². The number of ether oxygens (including phenoxy) is 1. The Morgan fingerprint density at radius 1 is 1.09 bits per heavy atom. The number of nitrogens with zero attached hydrogens (tertiary/aromatic N) is 2. The summed E-state index contributed by atoms with van der Waals surface area (Å²) in [6.45, 7) is 0. The smallest absolute Gasteiger partial charge is 0.509 e. The molecule has 1 aromatic carbocycles. The standard InChI is InChI=1S/C11H9BF3N3O4/c13-11(14,15)21-8-3-1-2-7(4-8)18-10-16-5-9(6-17-10)22-12(19)20/h1-6,19-20H,(H,16,17,18). The molecule has 0 fully saturated rings. The Hall–Kier alpha value is -2.53. The lowest BCUT2D eigenvalue weighted by atomic mass is 10.2. The fourth-order valence-corrected chi connectivity index (χ4v) is 1.46. The summed E-state index contributed by atoms with van der Waals surface area (Å²) in [6.07, 6.45) is -2.46. The van der Waals surface area contributed by atoms with E-state index >= 15 is 0 Å². The average Bonchev–Trinajstić information content (AvgIpc) is 2.39. The van der Waals surface area contributed by atoms with E-state index in [0.717, 1.165) is 24.5 Å². The van der Waals surface area contributed by atoms with Crippen molar-refractivity contribution >= 4 is 19.0 Å². The topological polar surface area (TPSA) is 96.7 Å². The number of anilines is 2. The van der Waals surface area contributed by atoms with Crippen molar-refractivity contribution in [1.82, 2.24) is 9.97 Å². The second-order valence-electron chi connectivity index (χ2n) is 3.89. The summed E-state index contributed by atoms with van der Waals surface area (Å²) >= 11 is 0. The first-order chi connectivity index (χ1) is 10.3. The molecule has 0 spiro atoms. The van der Waals surface area contributed by atoms with Gasteiger partial charge in [-0.2, -0.15) is 0 Å². The van der Waals surface area contributed by atoms with Gasteiger partial charge in [-0.15, -0.1) is 13.2 Å². The zero-order valence-corrected chi connectivity index (χ0v) is 10.8. The van der Waals surface area contributed by atoms with Gasteiger partial charge in [-0.3, -0.25) is 0 Å². The maximum atomic E-state index is 12.1. The minimum atomic E-state index is -4.78. The summed E-state index contributed by atoms with van der Waals surface area (Å²) < 4.78 is 44.7. The van der Waals surface area contributed by atoms with Gasteiger partial charge in [0.25, 0.3) is 0 Å². The molecule has 1 aromatic heterocycles. The lowest BCUT2D eigenvalue weighted by Crippen LogP contribution is -2.20. The Morgan fingerprint density at radius 3 is 2.36 bits per heavy atom. The summed E-state index contributed by atoms with van der Waals surface area (Å²) in [6, 6.07) is 5.13. The van der Waals surface area contributed by atoms with Gasteiger partial charge in [0.15, 0.2) is 0 Å². The van der Waals surface area contributed by atoms with Crippen LogP contribution < -0.4 is 14.7 Å². The second kappa shape index (κ2) is 6.49. The van der Waals surface area contributed by atoms with Gasteiger partial charge in [-0.25, -0.2) is 9.97 Å². The van der Waals surface area contributed by atoms with Crippen LogP contribution in [0.2, 0.25) is 0 Å². The quantitative estimate of drug-likeness (QED) is 0.719. The van der Waals surface area contributed by atoms with Gasteiger partial charge in [0.05, 0.1) is 12.4 Å². The number of rotatable bonds is 5. The molecule has 0 radical (unpaired) electrons. The molecule has 11 heteroatoms. The first-order valence-corrected chi connectivity index (χ1v) is 5.79. The highest BCUT2D eigenvalue weighted by Gasteiger charge is 2.31. The van der Waals surface area contributed by atoms with Crippen molar-refractivity contribution in [2.75, 3.05) is 5.32 Å². The number of alkyl halides is 3.